The third kappa shape index (κ3) is 80.0. The van der Waals surface area contributed by atoms with E-state index in [0.717, 1.165) is 42.9 Å². The minimum absolute atomic E-state index is 0. The van der Waals surface area contributed by atoms with Crippen LogP contribution in [0.4, 0.5) is 0 Å². The number of hydrogen-bond donors (Lipinski definition) is 1. The Hall–Kier alpha value is -4.66. The van der Waals surface area contributed by atoms with Crippen LogP contribution < -0.4 is 0 Å². The molecule has 0 spiro atoms. The first-order valence-electron chi connectivity index (χ1n) is 36.4. The summed E-state index contributed by atoms with van der Waals surface area (Å²) in [6.07, 6.45) is 23.0. The van der Waals surface area contributed by atoms with Crippen molar-refractivity contribution in [2.24, 2.45) is 49.2 Å². The Balaban J connectivity index is -0.000000237. The lowest BCUT2D eigenvalue weighted by Crippen LogP contribution is -2.10. The van der Waals surface area contributed by atoms with Gasteiger partial charge in [-0.25, -0.2) is 0 Å². The highest BCUT2D eigenvalue weighted by Gasteiger charge is 2.16. The van der Waals surface area contributed by atoms with E-state index in [0.29, 0.717) is 48.7 Å². The summed E-state index contributed by atoms with van der Waals surface area (Å²) in [4.78, 5) is 0. The van der Waals surface area contributed by atoms with E-state index >= 15 is 0 Å². The second kappa shape index (κ2) is 51.5. The summed E-state index contributed by atoms with van der Waals surface area (Å²) in [7, 11) is 0. The molecule has 0 saturated carbocycles. The van der Waals surface area contributed by atoms with Gasteiger partial charge in [0.25, 0.3) is 0 Å². The fraction of sp³-hybridized carbons (Fsp3) is 0.638. The molecule has 1 aromatic heterocycles. The van der Waals surface area contributed by atoms with E-state index in [1.165, 1.54) is 90.3 Å². The van der Waals surface area contributed by atoms with Crippen LogP contribution in [0.3, 0.4) is 0 Å². The van der Waals surface area contributed by atoms with E-state index in [-0.39, 0.29) is 21.5 Å². The minimum Gasteiger partial charge on any atom is -0.469 e. The number of aryl methyl sites for hydroxylation is 2. The Morgan fingerprint density at radius 2 is 0.802 bits per heavy atom. The SMILES string of the molecule is C.C.C/C(=C/CC(C)(C)C)CO.CC(C)(C)CCc1ccccc1.CC(C)(C)Cc1ccccc1.CC(C)(C)Cc1ccco1.CC(C)(C)c1ccccc1.CC(C)=CCC(C)(C)C.CC/C(C)=C/CC(C)(C)C.CCC(C)CCC(C)(C)C.Cc1cccc(CC(C)(C)C)c1. The molecule has 0 aliphatic heterocycles. The van der Waals surface area contributed by atoms with E-state index < -0.39 is 0 Å². The van der Waals surface area contributed by atoms with Gasteiger partial charge in [-0.1, -0.05) is 391 Å². The van der Waals surface area contributed by atoms with Crippen molar-refractivity contribution in [3.05, 3.63) is 202 Å². The highest BCUT2D eigenvalue weighted by Crippen LogP contribution is 2.27. The van der Waals surface area contributed by atoms with Crippen LogP contribution in [0, 0.1) is 56.2 Å². The third-order valence-electron chi connectivity index (χ3n) is 14.5. The van der Waals surface area contributed by atoms with Crippen molar-refractivity contribution in [3.63, 3.8) is 0 Å². The number of allylic oxidation sites excluding steroid dienone is 5. The summed E-state index contributed by atoms with van der Waals surface area (Å²) < 4.78 is 5.21. The maximum atomic E-state index is 8.66. The topological polar surface area (TPSA) is 33.4 Å². The lowest BCUT2D eigenvalue weighted by molar-refractivity contribution is 0.327. The van der Waals surface area contributed by atoms with Crippen molar-refractivity contribution in [2.45, 2.75) is 340 Å². The zero-order valence-corrected chi connectivity index (χ0v) is 69.1. The Labute approximate surface area is 603 Å². The Kier molecular flexibility index (Phi) is 54.9. The summed E-state index contributed by atoms with van der Waals surface area (Å²) in [5.74, 6) is 1.99. The fourth-order valence-corrected chi connectivity index (χ4v) is 8.24. The first kappa shape index (κ1) is 102. The Bertz CT molecular complexity index is 2590. The largest absolute Gasteiger partial charge is 0.469 e. The van der Waals surface area contributed by atoms with Gasteiger partial charge in [-0.15, -0.1) is 0 Å². The quantitative estimate of drug-likeness (QED) is 0.119. The van der Waals surface area contributed by atoms with Crippen LogP contribution >= 0.6 is 0 Å². The molecule has 5 aromatic rings. The van der Waals surface area contributed by atoms with Gasteiger partial charge in [-0.3, -0.25) is 0 Å². The van der Waals surface area contributed by atoms with Crippen molar-refractivity contribution in [2.75, 3.05) is 6.61 Å². The summed E-state index contributed by atoms with van der Waals surface area (Å²) in [5, 5.41) is 8.66. The monoisotopic (exact) mass is 1330 g/mol. The lowest BCUT2D eigenvalue weighted by Gasteiger charge is -2.19. The fourth-order valence-electron chi connectivity index (χ4n) is 8.24. The van der Waals surface area contributed by atoms with Gasteiger partial charge in [0.15, 0.2) is 0 Å². The molecule has 0 aliphatic carbocycles. The summed E-state index contributed by atoms with van der Waals surface area (Å²) in [5.41, 5.74) is 14.7. The highest BCUT2D eigenvalue weighted by atomic mass is 16.3. The normalized spacial score (nSPS) is 12.2. The minimum atomic E-state index is 0. The maximum Gasteiger partial charge on any atom is 0.104 e. The van der Waals surface area contributed by atoms with E-state index in [4.69, 9.17) is 9.52 Å². The van der Waals surface area contributed by atoms with Gasteiger partial charge < -0.3 is 9.52 Å². The lowest BCUT2D eigenvalue weighted by atomic mass is 9.86. The maximum absolute atomic E-state index is 8.66. The van der Waals surface area contributed by atoms with Gasteiger partial charge in [-0.05, 0) is 181 Å². The van der Waals surface area contributed by atoms with Gasteiger partial charge in [0.05, 0.1) is 12.9 Å². The van der Waals surface area contributed by atoms with Gasteiger partial charge in [0.2, 0.25) is 0 Å². The number of furan rings is 1. The number of aliphatic hydroxyl groups is 1. The molecule has 554 valence electrons. The van der Waals surface area contributed by atoms with Crippen LogP contribution in [-0.2, 0) is 31.1 Å². The number of hydrogen-bond acceptors (Lipinski definition) is 2. The van der Waals surface area contributed by atoms with E-state index in [9.17, 15) is 0 Å². The average Bonchev–Trinajstić information content (AvgIpc) is 1.06. The molecule has 0 amide bonds. The standard InChI is InChI=1S/2C12H18.C11H16.C10H14.C10H22.C10H20.C9H14O.C9H18O.C9H18.2CH4/c1-10-6-5-7-11(8-10)9-12(2,3)4;1-12(2,3)10-9-11-7-5-4-6-8-11;1-11(2,3)9-10-7-5-4-6-8-10;1-10(2,3)9-7-5-4-6-8-9;2*1-6-9(2)7-8-10(3,4)5;1-9(2,3)7-8-5-4-6-10-8;1-8(7-10)5-6-9(2,3)4;1-8(2)6-7-9(3,4)5;;/h5-8H,9H2,1-4H3;4-8H,9-10H2,1-3H3;4-8H,9H2,1-3H3;4-8H,1-3H3;9H,6-8H2,1-5H3;7H,6,8H2,1-5H3;4-6H,7H2,1-3H3;5,10H,6-7H2,1-4H3;6H,7H2,1-5H3;2*1H4/b;;;;;9-7+;;8-5-;;;. The van der Waals surface area contributed by atoms with Crippen molar-refractivity contribution in [1.82, 2.24) is 0 Å². The molecule has 1 heterocycles. The predicted molar refractivity (Wildman–Crippen MR) is 443 cm³/mol. The first-order valence-corrected chi connectivity index (χ1v) is 36.4. The number of rotatable bonds is 13. The second-order valence-corrected chi connectivity index (χ2v) is 37.7. The average molecular weight is 1330 g/mol. The molecule has 2 nitrogen and oxygen atoms in total. The smallest absolute Gasteiger partial charge is 0.104 e. The zero-order valence-electron chi connectivity index (χ0n) is 69.1. The van der Waals surface area contributed by atoms with Crippen LogP contribution in [0.15, 0.2) is 173 Å². The van der Waals surface area contributed by atoms with Gasteiger partial charge in [-0.2, -0.15) is 0 Å². The Morgan fingerprint density at radius 1 is 0.417 bits per heavy atom. The van der Waals surface area contributed by atoms with Crippen molar-refractivity contribution in [3.8, 4) is 0 Å². The molecule has 0 saturated heterocycles. The summed E-state index contributed by atoms with van der Waals surface area (Å²) in [6.45, 7) is 78.4. The molecule has 1 unspecified atom stereocenters. The van der Waals surface area contributed by atoms with E-state index in [1.807, 2.05) is 19.1 Å². The molecule has 0 aliphatic rings. The van der Waals surface area contributed by atoms with Crippen LogP contribution in [0.1, 0.15) is 335 Å². The van der Waals surface area contributed by atoms with Crippen molar-refractivity contribution >= 4 is 0 Å². The predicted octanol–water partition coefficient (Wildman–Crippen LogP) is 31.0. The van der Waals surface area contributed by atoms with Gasteiger partial charge in [0.1, 0.15) is 5.76 Å². The van der Waals surface area contributed by atoms with Crippen LogP contribution in [0.5, 0.6) is 0 Å². The molecular weight excluding hydrogens is 1160 g/mol. The second-order valence-electron chi connectivity index (χ2n) is 37.7. The highest BCUT2D eigenvalue weighted by molar-refractivity contribution is 5.24. The Morgan fingerprint density at radius 3 is 1.11 bits per heavy atom. The zero-order chi connectivity index (χ0) is 73.9. The first-order chi connectivity index (χ1) is 42.6. The molecule has 1 N–H and O–H groups in total. The number of benzene rings is 4. The molecule has 0 radical (unpaired) electrons. The third-order valence-corrected chi connectivity index (χ3v) is 14.5. The summed E-state index contributed by atoms with van der Waals surface area (Å²) in [6, 6.07) is 44.6. The molecule has 0 bridgehead atoms. The molecule has 2 heteroatoms. The molecule has 1 atom stereocenters. The molecular formula is C94H166O2. The molecule has 96 heavy (non-hydrogen) atoms. The number of aliphatic hydroxyl groups excluding tert-OH is 1. The summed E-state index contributed by atoms with van der Waals surface area (Å²) >= 11 is 0. The van der Waals surface area contributed by atoms with Crippen molar-refractivity contribution < 1.29 is 9.52 Å². The molecule has 0 fully saturated rings. The van der Waals surface area contributed by atoms with Gasteiger partial charge >= 0.3 is 0 Å². The van der Waals surface area contributed by atoms with Crippen LogP contribution in [-0.4, -0.2) is 11.7 Å². The van der Waals surface area contributed by atoms with E-state index in [2.05, 4.69) is 369 Å². The van der Waals surface area contributed by atoms with E-state index in [1.54, 1.807) is 6.26 Å². The molecule has 5 rings (SSSR count). The van der Waals surface area contributed by atoms with Crippen LogP contribution in [0.25, 0.3) is 0 Å². The van der Waals surface area contributed by atoms with Crippen LogP contribution in [0.2, 0.25) is 0 Å². The van der Waals surface area contributed by atoms with Crippen molar-refractivity contribution in [1.29, 1.82) is 0 Å². The molecule has 4 aromatic carbocycles. The van der Waals surface area contributed by atoms with Gasteiger partial charge in [0, 0.05) is 6.42 Å².